The van der Waals surface area contributed by atoms with Crippen LogP contribution in [0.5, 0.6) is 0 Å². The van der Waals surface area contributed by atoms with Crippen LogP contribution in [0.15, 0.2) is 28.5 Å². The molecule has 0 saturated heterocycles. The highest BCUT2D eigenvalue weighted by atomic mass is 32.2. The molecule has 4 heteroatoms. The van der Waals surface area contributed by atoms with Crippen LogP contribution in [-0.2, 0) is 22.0 Å². The third-order valence-electron chi connectivity index (χ3n) is 3.21. The average molecular weight is 307 g/mol. The summed E-state index contributed by atoms with van der Waals surface area (Å²) in [7, 11) is -1.02. The molecule has 0 aliphatic carbocycles. The van der Waals surface area contributed by atoms with Crippen LogP contribution in [0.25, 0.3) is 0 Å². The zero-order valence-electron chi connectivity index (χ0n) is 12.7. The monoisotopic (exact) mass is 307 g/mol. The molecule has 0 fully saturated rings. The first-order valence-electron chi connectivity index (χ1n) is 6.68. The van der Waals surface area contributed by atoms with Crippen molar-refractivity contribution in [2.75, 3.05) is 0 Å². The van der Waals surface area contributed by atoms with Crippen molar-refractivity contribution in [1.82, 2.24) is 4.98 Å². The quantitative estimate of drug-likeness (QED) is 0.843. The van der Waals surface area contributed by atoms with Gasteiger partial charge >= 0.3 is 0 Å². The van der Waals surface area contributed by atoms with Crippen LogP contribution in [0.4, 0.5) is 0 Å². The Hall–Kier alpha value is -1.00. The van der Waals surface area contributed by atoms with Gasteiger partial charge in [0.05, 0.1) is 27.3 Å². The van der Waals surface area contributed by atoms with E-state index >= 15 is 0 Å². The second-order valence-electron chi connectivity index (χ2n) is 6.13. The van der Waals surface area contributed by atoms with E-state index in [4.69, 9.17) is 0 Å². The van der Waals surface area contributed by atoms with Gasteiger partial charge in [-0.1, -0.05) is 26.8 Å². The topological polar surface area (TPSA) is 30.0 Å². The highest BCUT2D eigenvalue weighted by Gasteiger charge is 2.18. The molecule has 20 heavy (non-hydrogen) atoms. The summed E-state index contributed by atoms with van der Waals surface area (Å²) in [6.45, 7) is 10.6. The molecule has 2 rings (SSSR count). The van der Waals surface area contributed by atoms with E-state index in [0.717, 1.165) is 15.6 Å². The Bertz CT molecular complexity index is 638. The van der Waals surface area contributed by atoms with Crippen molar-refractivity contribution in [3.8, 4) is 0 Å². The molecule has 0 amide bonds. The number of thiazole rings is 1. The molecule has 2 nitrogen and oxygen atoms in total. The minimum Gasteiger partial charge on any atom is -0.254 e. The molecule has 0 radical (unpaired) electrons. The first kappa shape index (κ1) is 15.4. The zero-order valence-corrected chi connectivity index (χ0v) is 14.3. The van der Waals surface area contributed by atoms with E-state index in [2.05, 4.69) is 39.6 Å². The molecule has 0 spiro atoms. The molecule has 0 aliphatic heterocycles. The summed E-state index contributed by atoms with van der Waals surface area (Å²) < 4.78 is 12.4. The maximum atomic E-state index is 12.4. The van der Waals surface area contributed by atoms with E-state index in [9.17, 15) is 4.21 Å². The molecule has 2 aromatic rings. The molecular formula is C16H21NOS2. The summed E-state index contributed by atoms with van der Waals surface area (Å²) in [5.74, 6) is 0.495. The second kappa shape index (κ2) is 5.78. The van der Waals surface area contributed by atoms with Gasteiger partial charge in [-0.2, -0.15) is 0 Å². The normalized spacial score (nSPS) is 13.4. The standard InChI is InChI=1S/C16H21NOS2/c1-11-6-7-14(8-12(11)2)20(18)10-13-9-19-15(17-13)16(3,4)5/h6-9H,10H2,1-5H3/t20-/m1/s1. The maximum Gasteiger partial charge on any atom is 0.0982 e. The lowest BCUT2D eigenvalue weighted by Crippen LogP contribution is -2.10. The summed E-state index contributed by atoms with van der Waals surface area (Å²) in [4.78, 5) is 5.50. The Balaban J connectivity index is 2.15. The molecule has 1 aromatic heterocycles. The van der Waals surface area contributed by atoms with Gasteiger partial charge in [-0.05, 0) is 37.1 Å². The summed E-state index contributed by atoms with van der Waals surface area (Å²) >= 11 is 1.65. The van der Waals surface area contributed by atoms with Crippen LogP contribution in [0, 0.1) is 13.8 Å². The third kappa shape index (κ3) is 3.55. The molecule has 0 unspecified atom stereocenters. The van der Waals surface area contributed by atoms with Gasteiger partial charge in [0, 0.05) is 15.7 Å². The Morgan fingerprint density at radius 2 is 1.90 bits per heavy atom. The van der Waals surface area contributed by atoms with Crippen molar-refractivity contribution < 1.29 is 4.21 Å². The van der Waals surface area contributed by atoms with Crippen molar-refractivity contribution in [1.29, 1.82) is 0 Å². The molecule has 1 aromatic carbocycles. The molecule has 0 N–H and O–H groups in total. The van der Waals surface area contributed by atoms with Gasteiger partial charge in [0.25, 0.3) is 0 Å². The largest absolute Gasteiger partial charge is 0.254 e. The fourth-order valence-corrected chi connectivity index (χ4v) is 3.91. The van der Waals surface area contributed by atoms with E-state index in [1.807, 2.05) is 23.6 Å². The van der Waals surface area contributed by atoms with Crippen molar-refractivity contribution in [3.05, 3.63) is 45.4 Å². The molecule has 0 bridgehead atoms. The van der Waals surface area contributed by atoms with Gasteiger partial charge in [0.15, 0.2) is 0 Å². The highest BCUT2D eigenvalue weighted by molar-refractivity contribution is 7.84. The van der Waals surface area contributed by atoms with Gasteiger partial charge in [-0.3, -0.25) is 4.21 Å². The SMILES string of the molecule is Cc1ccc([S@](=O)Cc2csc(C(C)(C)C)n2)cc1C. The van der Waals surface area contributed by atoms with Crippen molar-refractivity contribution in [3.63, 3.8) is 0 Å². The van der Waals surface area contributed by atoms with E-state index in [-0.39, 0.29) is 5.41 Å². The van der Waals surface area contributed by atoms with Gasteiger partial charge < -0.3 is 0 Å². The van der Waals surface area contributed by atoms with E-state index in [1.54, 1.807) is 11.3 Å². The number of aryl methyl sites for hydroxylation is 2. The lowest BCUT2D eigenvalue weighted by molar-refractivity contribution is 0.583. The van der Waals surface area contributed by atoms with Gasteiger partial charge in [0.2, 0.25) is 0 Å². The number of rotatable bonds is 3. The first-order chi connectivity index (χ1) is 9.27. The Morgan fingerprint density at radius 1 is 1.20 bits per heavy atom. The molecule has 108 valence electrons. The van der Waals surface area contributed by atoms with E-state index in [1.165, 1.54) is 11.1 Å². The average Bonchev–Trinajstić information content (AvgIpc) is 2.81. The summed E-state index contributed by atoms with van der Waals surface area (Å²) in [5, 5.41) is 3.13. The molecule has 1 atom stereocenters. The number of hydrogen-bond acceptors (Lipinski definition) is 3. The summed E-state index contributed by atoms with van der Waals surface area (Å²) in [5.41, 5.74) is 3.40. The van der Waals surface area contributed by atoms with Crippen LogP contribution in [-0.4, -0.2) is 9.19 Å². The second-order valence-corrected chi connectivity index (χ2v) is 8.44. The first-order valence-corrected chi connectivity index (χ1v) is 8.88. The number of nitrogens with zero attached hydrogens (tertiary/aromatic N) is 1. The number of hydrogen-bond donors (Lipinski definition) is 0. The predicted octanol–water partition coefficient (Wildman–Crippen LogP) is 4.37. The Kier molecular flexibility index (Phi) is 4.45. The molecule has 0 saturated carbocycles. The minimum absolute atomic E-state index is 0.0604. The van der Waals surface area contributed by atoms with E-state index < -0.39 is 10.8 Å². The summed E-state index contributed by atoms with van der Waals surface area (Å²) in [6.07, 6.45) is 0. The highest BCUT2D eigenvalue weighted by Crippen LogP contribution is 2.26. The van der Waals surface area contributed by atoms with Crippen LogP contribution in [0.1, 0.15) is 42.6 Å². The van der Waals surface area contributed by atoms with Crippen LogP contribution in [0.2, 0.25) is 0 Å². The van der Waals surface area contributed by atoms with Crippen LogP contribution < -0.4 is 0 Å². The van der Waals surface area contributed by atoms with Crippen molar-refractivity contribution in [2.45, 2.75) is 50.7 Å². The minimum atomic E-state index is -1.02. The smallest absolute Gasteiger partial charge is 0.0982 e. The fourth-order valence-electron chi connectivity index (χ4n) is 1.79. The van der Waals surface area contributed by atoms with Crippen molar-refractivity contribution in [2.24, 2.45) is 0 Å². The van der Waals surface area contributed by atoms with Crippen LogP contribution in [0.3, 0.4) is 0 Å². The van der Waals surface area contributed by atoms with E-state index in [0.29, 0.717) is 5.75 Å². The molecule has 1 heterocycles. The van der Waals surface area contributed by atoms with Crippen LogP contribution >= 0.6 is 11.3 Å². The Labute approximate surface area is 127 Å². The van der Waals surface area contributed by atoms with Gasteiger partial charge in [-0.25, -0.2) is 4.98 Å². The Morgan fingerprint density at radius 3 is 2.45 bits per heavy atom. The number of benzene rings is 1. The fraction of sp³-hybridized carbons (Fsp3) is 0.438. The van der Waals surface area contributed by atoms with Gasteiger partial charge in [0.1, 0.15) is 0 Å². The predicted molar refractivity (Wildman–Crippen MR) is 86.8 cm³/mol. The number of aromatic nitrogens is 1. The molecular weight excluding hydrogens is 286 g/mol. The summed E-state index contributed by atoms with van der Waals surface area (Å²) in [6, 6.07) is 6.00. The molecule has 0 aliphatic rings. The van der Waals surface area contributed by atoms with Gasteiger partial charge in [-0.15, -0.1) is 11.3 Å². The lowest BCUT2D eigenvalue weighted by Gasteiger charge is -2.13. The maximum absolute atomic E-state index is 12.4. The lowest BCUT2D eigenvalue weighted by atomic mass is 9.98. The van der Waals surface area contributed by atoms with Crippen molar-refractivity contribution >= 4 is 22.1 Å². The third-order valence-corrected chi connectivity index (χ3v) is 5.87. The zero-order chi connectivity index (χ0) is 14.9.